The Hall–Kier alpha value is -1.50. The summed E-state index contributed by atoms with van der Waals surface area (Å²) in [5, 5.41) is 9.23. The lowest BCUT2D eigenvalue weighted by Gasteiger charge is -2.29. The predicted molar refractivity (Wildman–Crippen MR) is 98.5 cm³/mol. The lowest BCUT2D eigenvalue weighted by atomic mass is 10.1. The number of nitrogens with zero attached hydrogens (tertiary/aromatic N) is 1. The minimum Gasteiger partial charge on any atom is -0.444 e. The van der Waals surface area contributed by atoms with Crippen molar-refractivity contribution in [3.05, 3.63) is 0 Å². The molecule has 0 aliphatic carbocycles. The molecule has 0 bridgehead atoms. The van der Waals surface area contributed by atoms with Gasteiger partial charge in [0, 0.05) is 26.7 Å². The number of ether oxygens (including phenoxy) is 2. The largest absolute Gasteiger partial charge is 0.444 e. The molecule has 7 heteroatoms. The smallest absolute Gasteiger partial charge is 0.408 e. The van der Waals surface area contributed by atoms with Gasteiger partial charge in [-0.05, 0) is 41.0 Å². The van der Waals surface area contributed by atoms with Gasteiger partial charge in [-0.25, -0.2) is 4.79 Å². The molecule has 1 amide bonds. The topological polar surface area (TPSA) is 84.0 Å². The Bertz CT molecular complexity index is 390. The number of nitrogens with one attached hydrogen (secondary N) is 3. The Morgan fingerprint density at radius 3 is 2.29 bits per heavy atom. The van der Waals surface area contributed by atoms with Crippen LogP contribution in [0.3, 0.4) is 0 Å². The summed E-state index contributed by atoms with van der Waals surface area (Å²) >= 11 is 0. The summed E-state index contributed by atoms with van der Waals surface area (Å²) in [6, 6.07) is 0. The van der Waals surface area contributed by atoms with Gasteiger partial charge in [0.15, 0.2) is 5.96 Å². The van der Waals surface area contributed by atoms with Crippen LogP contribution in [0.1, 0.15) is 54.4 Å². The van der Waals surface area contributed by atoms with Gasteiger partial charge in [-0.3, -0.25) is 4.99 Å². The molecular formula is C17H36N4O3. The summed E-state index contributed by atoms with van der Waals surface area (Å²) in [5.41, 5.74) is -0.986. The molecule has 0 aromatic rings. The Labute approximate surface area is 147 Å². The predicted octanol–water partition coefficient (Wildman–Crippen LogP) is 2.27. The van der Waals surface area contributed by atoms with E-state index in [0.717, 1.165) is 19.4 Å². The van der Waals surface area contributed by atoms with Crippen molar-refractivity contribution in [2.75, 3.05) is 33.4 Å². The van der Waals surface area contributed by atoms with Gasteiger partial charge in [0.05, 0.1) is 12.1 Å². The average molecular weight is 345 g/mol. The molecule has 0 fully saturated rings. The van der Waals surface area contributed by atoms with E-state index in [1.807, 2.05) is 34.6 Å². The highest BCUT2D eigenvalue weighted by Gasteiger charge is 2.24. The molecule has 0 aliphatic rings. The van der Waals surface area contributed by atoms with Crippen molar-refractivity contribution in [1.82, 2.24) is 16.0 Å². The molecule has 3 N–H and O–H groups in total. The lowest BCUT2D eigenvalue weighted by molar-refractivity contribution is 0.0474. The molecule has 0 atom stereocenters. The van der Waals surface area contributed by atoms with Gasteiger partial charge < -0.3 is 25.4 Å². The molecule has 0 saturated heterocycles. The molecule has 142 valence electrons. The number of hydrogen-bond donors (Lipinski definition) is 3. The van der Waals surface area contributed by atoms with Crippen molar-refractivity contribution >= 4 is 12.1 Å². The summed E-state index contributed by atoms with van der Waals surface area (Å²) in [7, 11) is 1.71. The van der Waals surface area contributed by atoms with E-state index in [1.165, 1.54) is 0 Å². The van der Waals surface area contributed by atoms with Crippen molar-refractivity contribution in [2.45, 2.75) is 65.5 Å². The Morgan fingerprint density at radius 1 is 1.08 bits per heavy atom. The minimum absolute atomic E-state index is 0.429. The fourth-order valence-corrected chi connectivity index (χ4v) is 1.74. The van der Waals surface area contributed by atoms with E-state index in [9.17, 15) is 4.79 Å². The maximum absolute atomic E-state index is 11.9. The normalized spacial score (nSPS) is 12.7. The third-order valence-electron chi connectivity index (χ3n) is 2.94. The quantitative estimate of drug-likeness (QED) is 0.339. The maximum Gasteiger partial charge on any atom is 0.408 e. The summed E-state index contributed by atoms with van der Waals surface area (Å²) in [6.45, 7) is 14.1. The van der Waals surface area contributed by atoms with Crippen LogP contribution in [0, 0.1) is 0 Å². The SMILES string of the molecule is CCCCOCCNC(=NC)NCC(C)(C)NC(=O)OC(C)(C)C. The average Bonchev–Trinajstić information content (AvgIpc) is 2.43. The zero-order chi connectivity index (χ0) is 18.6. The summed E-state index contributed by atoms with van der Waals surface area (Å²) < 4.78 is 10.8. The molecule has 0 radical (unpaired) electrons. The fourth-order valence-electron chi connectivity index (χ4n) is 1.74. The second-order valence-corrected chi connectivity index (χ2v) is 7.33. The van der Waals surface area contributed by atoms with E-state index in [0.29, 0.717) is 25.7 Å². The zero-order valence-corrected chi connectivity index (χ0v) is 16.4. The third-order valence-corrected chi connectivity index (χ3v) is 2.94. The Kier molecular flexibility index (Phi) is 10.4. The van der Waals surface area contributed by atoms with Crippen LogP contribution < -0.4 is 16.0 Å². The molecule has 0 unspecified atom stereocenters. The van der Waals surface area contributed by atoms with Crippen molar-refractivity contribution < 1.29 is 14.3 Å². The fraction of sp³-hybridized carbons (Fsp3) is 0.882. The van der Waals surface area contributed by atoms with Crippen LogP contribution in [0.25, 0.3) is 0 Å². The molecule has 0 rings (SSSR count). The van der Waals surface area contributed by atoms with E-state index < -0.39 is 17.2 Å². The molecule has 0 saturated carbocycles. The summed E-state index contributed by atoms with van der Waals surface area (Å²) in [6.07, 6.45) is 1.79. The number of alkyl carbamates (subject to hydrolysis) is 1. The second kappa shape index (κ2) is 11.1. The van der Waals surface area contributed by atoms with Crippen molar-refractivity contribution in [3.8, 4) is 0 Å². The molecule has 7 nitrogen and oxygen atoms in total. The van der Waals surface area contributed by atoms with Gasteiger partial charge in [0.25, 0.3) is 0 Å². The first-order valence-electron chi connectivity index (χ1n) is 8.63. The van der Waals surface area contributed by atoms with E-state index in [2.05, 4.69) is 27.9 Å². The van der Waals surface area contributed by atoms with Gasteiger partial charge in [-0.2, -0.15) is 0 Å². The van der Waals surface area contributed by atoms with E-state index in [1.54, 1.807) is 7.05 Å². The van der Waals surface area contributed by atoms with Gasteiger partial charge in [-0.1, -0.05) is 13.3 Å². The highest BCUT2D eigenvalue weighted by Crippen LogP contribution is 2.09. The van der Waals surface area contributed by atoms with Crippen LogP contribution >= 0.6 is 0 Å². The number of carbonyl (C=O) groups is 1. The molecule has 0 aromatic heterocycles. The molecule has 0 aromatic carbocycles. The van der Waals surface area contributed by atoms with Crippen LogP contribution in [0.15, 0.2) is 4.99 Å². The van der Waals surface area contributed by atoms with Gasteiger partial charge in [0.1, 0.15) is 5.60 Å². The molecule has 24 heavy (non-hydrogen) atoms. The van der Waals surface area contributed by atoms with Crippen molar-refractivity contribution in [3.63, 3.8) is 0 Å². The van der Waals surface area contributed by atoms with E-state index in [-0.39, 0.29) is 0 Å². The van der Waals surface area contributed by atoms with Gasteiger partial charge in [-0.15, -0.1) is 0 Å². The van der Waals surface area contributed by atoms with Crippen LogP contribution in [0.2, 0.25) is 0 Å². The van der Waals surface area contributed by atoms with Crippen LogP contribution in [0.5, 0.6) is 0 Å². The monoisotopic (exact) mass is 344 g/mol. The second-order valence-electron chi connectivity index (χ2n) is 7.33. The zero-order valence-electron chi connectivity index (χ0n) is 16.4. The van der Waals surface area contributed by atoms with Crippen molar-refractivity contribution in [2.24, 2.45) is 4.99 Å². The number of carbonyl (C=O) groups excluding carboxylic acids is 1. The number of hydrogen-bond acceptors (Lipinski definition) is 4. The number of guanidine groups is 1. The molecule has 0 heterocycles. The Morgan fingerprint density at radius 2 is 1.75 bits per heavy atom. The highest BCUT2D eigenvalue weighted by molar-refractivity contribution is 5.79. The number of rotatable bonds is 9. The van der Waals surface area contributed by atoms with Crippen LogP contribution in [0.4, 0.5) is 4.79 Å². The van der Waals surface area contributed by atoms with E-state index >= 15 is 0 Å². The van der Waals surface area contributed by atoms with Crippen LogP contribution in [-0.4, -0.2) is 56.5 Å². The first-order valence-corrected chi connectivity index (χ1v) is 8.63. The highest BCUT2D eigenvalue weighted by atomic mass is 16.6. The standard InChI is InChI=1S/C17H36N4O3/c1-8-9-11-23-12-10-19-14(18-7)20-13-17(5,6)21-15(22)24-16(2,3)4/h8-13H2,1-7H3,(H,21,22)(H2,18,19,20). The first kappa shape index (κ1) is 22.5. The maximum atomic E-state index is 11.9. The molecule has 0 spiro atoms. The number of aliphatic imine (C=N–C) groups is 1. The molecular weight excluding hydrogens is 308 g/mol. The van der Waals surface area contributed by atoms with Crippen molar-refractivity contribution in [1.29, 1.82) is 0 Å². The summed E-state index contributed by atoms with van der Waals surface area (Å²) in [4.78, 5) is 16.0. The first-order chi connectivity index (χ1) is 11.1. The molecule has 0 aliphatic heterocycles. The number of unbranched alkanes of at least 4 members (excludes halogenated alkanes) is 1. The lowest BCUT2D eigenvalue weighted by Crippen LogP contribution is -2.54. The van der Waals surface area contributed by atoms with Crippen LogP contribution in [-0.2, 0) is 9.47 Å². The third kappa shape index (κ3) is 13.0. The minimum atomic E-state index is -0.511. The van der Waals surface area contributed by atoms with Gasteiger partial charge >= 0.3 is 6.09 Å². The van der Waals surface area contributed by atoms with E-state index in [4.69, 9.17) is 9.47 Å². The van der Waals surface area contributed by atoms with Gasteiger partial charge in [0.2, 0.25) is 0 Å². The summed E-state index contributed by atoms with van der Waals surface area (Å²) in [5.74, 6) is 0.674. The Balaban J connectivity index is 4.10. The number of amides is 1.